The third-order valence-electron chi connectivity index (χ3n) is 3.26. The molecule has 0 aliphatic heterocycles. The molecule has 0 saturated carbocycles. The molecule has 0 saturated heterocycles. The molecule has 1 amide bonds. The number of halogens is 1. The van der Waals surface area contributed by atoms with Crippen LogP contribution in [-0.4, -0.2) is 18.0 Å². The van der Waals surface area contributed by atoms with Gasteiger partial charge in [0, 0.05) is 10.2 Å². The lowest BCUT2D eigenvalue weighted by Crippen LogP contribution is -2.30. The van der Waals surface area contributed by atoms with Crippen molar-refractivity contribution in [3.8, 4) is 0 Å². The molecule has 2 aromatic rings. The number of carbonyl (C=O) groups excluding carboxylic acids is 2. The first-order chi connectivity index (χ1) is 10.9. The zero-order valence-corrected chi connectivity index (χ0v) is 14.6. The summed E-state index contributed by atoms with van der Waals surface area (Å²) in [6, 6.07) is 14.8. The highest BCUT2D eigenvalue weighted by Gasteiger charge is 2.18. The molecule has 23 heavy (non-hydrogen) atoms. The van der Waals surface area contributed by atoms with E-state index in [1.54, 1.807) is 6.92 Å². The molecule has 0 heterocycles. The fourth-order valence-corrected chi connectivity index (χ4v) is 2.21. The minimum atomic E-state index is -0.848. The minimum Gasteiger partial charge on any atom is -0.452 e. The molecule has 2 rings (SSSR count). The van der Waals surface area contributed by atoms with Crippen LogP contribution in [0, 0.1) is 6.92 Å². The van der Waals surface area contributed by atoms with Gasteiger partial charge in [-0.15, -0.1) is 0 Å². The molecule has 0 aliphatic carbocycles. The molecule has 0 radical (unpaired) electrons. The second kappa shape index (κ2) is 7.92. The summed E-state index contributed by atoms with van der Waals surface area (Å²) in [6.45, 7) is 3.53. The molecule has 2 aromatic carbocycles. The number of rotatable bonds is 5. The van der Waals surface area contributed by atoms with Crippen LogP contribution >= 0.6 is 15.9 Å². The normalized spacial score (nSPS) is 11.6. The summed E-state index contributed by atoms with van der Waals surface area (Å²) in [4.78, 5) is 23.9. The molecule has 1 N–H and O–H groups in total. The Bertz CT molecular complexity index is 680. The molecular weight excluding hydrogens is 358 g/mol. The van der Waals surface area contributed by atoms with Crippen molar-refractivity contribution in [1.29, 1.82) is 0 Å². The second-order valence-electron chi connectivity index (χ2n) is 5.29. The lowest BCUT2D eigenvalue weighted by Gasteiger charge is -2.13. The van der Waals surface area contributed by atoms with Crippen molar-refractivity contribution in [3.05, 3.63) is 64.1 Å². The van der Waals surface area contributed by atoms with E-state index in [0.29, 0.717) is 5.69 Å². The molecular formula is C18H18BrNO3. The van der Waals surface area contributed by atoms with Crippen LogP contribution in [0.4, 0.5) is 5.69 Å². The monoisotopic (exact) mass is 375 g/mol. The third-order valence-corrected chi connectivity index (χ3v) is 3.79. The summed E-state index contributed by atoms with van der Waals surface area (Å²) in [5.41, 5.74) is 2.62. The van der Waals surface area contributed by atoms with E-state index in [4.69, 9.17) is 4.74 Å². The quantitative estimate of drug-likeness (QED) is 0.806. The minimum absolute atomic E-state index is 0.134. The Labute approximate surface area is 144 Å². The zero-order chi connectivity index (χ0) is 16.8. The Kier molecular flexibility index (Phi) is 5.93. The predicted octanol–water partition coefficient (Wildman–Crippen LogP) is 3.87. The van der Waals surface area contributed by atoms with E-state index in [-0.39, 0.29) is 12.3 Å². The molecule has 0 fully saturated rings. The number of anilines is 1. The van der Waals surface area contributed by atoms with Crippen LogP contribution in [-0.2, 0) is 20.7 Å². The largest absolute Gasteiger partial charge is 0.452 e. The molecule has 0 aliphatic rings. The first-order valence-corrected chi connectivity index (χ1v) is 8.05. The van der Waals surface area contributed by atoms with Gasteiger partial charge < -0.3 is 10.1 Å². The summed E-state index contributed by atoms with van der Waals surface area (Å²) >= 11 is 3.34. The maximum absolute atomic E-state index is 12.0. The highest BCUT2D eigenvalue weighted by atomic mass is 79.9. The van der Waals surface area contributed by atoms with Crippen molar-refractivity contribution in [2.24, 2.45) is 0 Å². The van der Waals surface area contributed by atoms with E-state index in [1.165, 1.54) is 0 Å². The van der Waals surface area contributed by atoms with Crippen LogP contribution in [0.15, 0.2) is 53.0 Å². The van der Waals surface area contributed by atoms with Crippen molar-refractivity contribution in [1.82, 2.24) is 0 Å². The lowest BCUT2D eigenvalue weighted by atomic mass is 10.1. The van der Waals surface area contributed by atoms with E-state index in [9.17, 15) is 9.59 Å². The van der Waals surface area contributed by atoms with Gasteiger partial charge in [-0.3, -0.25) is 9.59 Å². The predicted molar refractivity (Wildman–Crippen MR) is 93.2 cm³/mol. The molecule has 5 heteroatoms. The van der Waals surface area contributed by atoms with Crippen LogP contribution in [0.25, 0.3) is 0 Å². The first kappa shape index (κ1) is 17.2. The number of ether oxygens (including phenoxy) is 1. The van der Waals surface area contributed by atoms with Gasteiger partial charge in [0.1, 0.15) is 0 Å². The highest BCUT2D eigenvalue weighted by molar-refractivity contribution is 9.10. The first-order valence-electron chi connectivity index (χ1n) is 7.25. The Morgan fingerprint density at radius 3 is 2.30 bits per heavy atom. The van der Waals surface area contributed by atoms with Gasteiger partial charge in [0.2, 0.25) is 0 Å². The number of esters is 1. The van der Waals surface area contributed by atoms with Crippen molar-refractivity contribution in [2.45, 2.75) is 26.4 Å². The van der Waals surface area contributed by atoms with Crippen molar-refractivity contribution in [2.75, 3.05) is 5.32 Å². The Morgan fingerprint density at radius 2 is 1.70 bits per heavy atom. The van der Waals surface area contributed by atoms with Crippen LogP contribution in [0.5, 0.6) is 0 Å². The number of hydrogen-bond acceptors (Lipinski definition) is 3. The van der Waals surface area contributed by atoms with E-state index in [1.807, 2.05) is 55.5 Å². The number of hydrogen-bond donors (Lipinski definition) is 1. The van der Waals surface area contributed by atoms with E-state index in [2.05, 4.69) is 21.2 Å². The van der Waals surface area contributed by atoms with E-state index < -0.39 is 12.1 Å². The SMILES string of the molecule is Cc1ccc(NC(=O)[C@H](C)OC(=O)Cc2ccc(Br)cc2)cc1. The maximum atomic E-state index is 12.0. The fourth-order valence-electron chi connectivity index (χ4n) is 1.94. The van der Waals surface area contributed by atoms with Crippen molar-refractivity contribution in [3.63, 3.8) is 0 Å². The number of aryl methyl sites for hydroxylation is 1. The molecule has 1 atom stereocenters. The maximum Gasteiger partial charge on any atom is 0.311 e. The third kappa shape index (κ3) is 5.53. The standard InChI is InChI=1S/C18H18BrNO3/c1-12-3-9-16(10-4-12)20-18(22)13(2)23-17(21)11-14-5-7-15(19)8-6-14/h3-10,13H,11H2,1-2H3,(H,20,22)/t13-/m0/s1. The van der Waals surface area contributed by atoms with Gasteiger partial charge in [0.05, 0.1) is 6.42 Å². The zero-order valence-electron chi connectivity index (χ0n) is 13.0. The van der Waals surface area contributed by atoms with E-state index >= 15 is 0 Å². The highest BCUT2D eigenvalue weighted by Crippen LogP contribution is 2.12. The summed E-state index contributed by atoms with van der Waals surface area (Å²) in [5.74, 6) is -0.781. The van der Waals surface area contributed by atoms with Gasteiger partial charge in [-0.05, 0) is 43.7 Å². The molecule has 0 aromatic heterocycles. The van der Waals surface area contributed by atoms with Crippen LogP contribution in [0.3, 0.4) is 0 Å². The topological polar surface area (TPSA) is 55.4 Å². The van der Waals surface area contributed by atoms with Gasteiger partial charge in [-0.25, -0.2) is 0 Å². The summed E-state index contributed by atoms with van der Waals surface area (Å²) < 4.78 is 6.12. The van der Waals surface area contributed by atoms with Gasteiger partial charge in [0.25, 0.3) is 5.91 Å². The molecule has 120 valence electrons. The number of carbonyl (C=O) groups is 2. The fraction of sp³-hybridized carbons (Fsp3) is 0.222. The molecule has 0 unspecified atom stereocenters. The summed E-state index contributed by atoms with van der Waals surface area (Å²) in [5, 5.41) is 2.72. The summed E-state index contributed by atoms with van der Waals surface area (Å²) in [6.07, 6.45) is -0.714. The Hall–Kier alpha value is -2.14. The van der Waals surface area contributed by atoms with E-state index in [0.717, 1.165) is 15.6 Å². The average Bonchev–Trinajstić information content (AvgIpc) is 2.51. The average molecular weight is 376 g/mol. The van der Waals surface area contributed by atoms with Crippen molar-refractivity contribution >= 4 is 33.5 Å². The lowest BCUT2D eigenvalue weighted by molar-refractivity contribution is -0.152. The Balaban J connectivity index is 1.86. The Morgan fingerprint density at radius 1 is 1.09 bits per heavy atom. The molecule has 4 nitrogen and oxygen atoms in total. The number of nitrogens with one attached hydrogen (secondary N) is 1. The van der Waals surface area contributed by atoms with Crippen LogP contribution in [0.1, 0.15) is 18.1 Å². The van der Waals surface area contributed by atoms with Gasteiger partial charge in [-0.2, -0.15) is 0 Å². The smallest absolute Gasteiger partial charge is 0.311 e. The number of amides is 1. The summed E-state index contributed by atoms with van der Waals surface area (Å²) in [7, 11) is 0. The van der Waals surface area contributed by atoms with Crippen LogP contribution < -0.4 is 5.32 Å². The van der Waals surface area contributed by atoms with Gasteiger partial charge >= 0.3 is 5.97 Å². The number of benzene rings is 2. The van der Waals surface area contributed by atoms with Gasteiger partial charge in [0.15, 0.2) is 6.10 Å². The molecule has 0 bridgehead atoms. The molecule has 0 spiro atoms. The van der Waals surface area contributed by atoms with Crippen molar-refractivity contribution < 1.29 is 14.3 Å². The van der Waals surface area contributed by atoms with Gasteiger partial charge in [-0.1, -0.05) is 45.8 Å². The second-order valence-corrected chi connectivity index (χ2v) is 6.21. The van der Waals surface area contributed by atoms with Crippen LogP contribution in [0.2, 0.25) is 0 Å².